The Balaban J connectivity index is 2.20. The molecule has 0 amide bonds. The maximum absolute atomic E-state index is 10.2. The third kappa shape index (κ3) is 5.98. The highest BCUT2D eigenvalue weighted by Crippen LogP contribution is 2.04. The van der Waals surface area contributed by atoms with Crippen LogP contribution in [0, 0.1) is 0 Å². The van der Waals surface area contributed by atoms with Crippen LogP contribution in [-0.2, 0) is 27.3 Å². The van der Waals surface area contributed by atoms with Gasteiger partial charge in [-0.2, -0.15) is 0 Å². The van der Waals surface area contributed by atoms with Crippen molar-refractivity contribution in [3.63, 3.8) is 0 Å². The third-order valence-corrected chi connectivity index (χ3v) is 1.84. The lowest BCUT2D eigenvalue weighted by Gasteiger charge is -1.97. The number of carbonyl (C=O) groups is 1. The highest BCUT2D eigenvalue weighted by Gasteiger charge is 2.06. The van der Waals surface area contributed by atoms with Gasteiger partial charge in [-0.05, 0) is 13.3 Å². The largest absolute Gasteiger partial charge is 0.480 e. The lowest BCUT2D eigenvalue weighted by Crippen LogP contribution is -2.06. The Hall–Kier alpha value is -1.47. The summed E-state index contributed by atoms with van der Waals surface area (Å²) in [7, 11) is 0. The lowest BCUT2D eigenvalue weighted by molar-refractivity contribution is -0.142. The van der Waals surface area contributed by atoms with Crippen LogP contribution in [-0.4, -0.2) is 41.1 Å². The van der Waals surface area contributed by atoms with Gasteiger partial charge < -0.3 is 19.0 Å². The number of aromatic nitrogens is 2. The molecule has 0 aliphatic carbocycles. The van der Waals surface area contributed by atoms with Crippen LogP contribution in [0.4, 0.5) is 0 Å². The number of aliphatic carboxylic acids is 1. The number of hydrogen-bond donors (Lipinski definition) is 1. The molecule has 0 saturated carbocycles. The molecule has 0 radical (unpaired) electrons. The minimum absolute atomic E-state index is 0.0186. The van der Waals surface area contributed by atoms with Gasteiger partial charge in [0.05, 0.1) is 0 Å². The fraction of sp³-hybridized carbons (Fsp3) is 0.700. The summed E-state index contributed by atoms with van der Waals surface area (Å²) >= 11 is 0. The monoisotopic (exact) mass is 244 g/mol. The first-order chi connectivity index (χ1) is 8.22. The first kappa shape index (κ1) is 13.6. The molecule has 0 fully saturated rings. The normalized spacial score (nSPS) is 10.6. The molecule has 0 aliphatic rings. The van der Waals surface area contributed by atoms with Crippen LogP contribution in [0.25, 0.3) is 0 Å². The summed E-state index contributed by atoms with van der Waals surface area (Å²) < 4.78 is 15.2. The van der Waals surface area contributed by atoms with E-state index in [1.807, 2.05) is 6.92 Å². The Kier molecular flexibility index (Phi) is 6.19. The van der Waals surface area contributed by atoms with Crippen LogP contribution in [0.2, 0.25) is 0 Å². The molecule has 0 spiro atoms. The molecule has 1 rings (SSSR count). The number of carboxylic acids is 1. The second-order valence-corrected chi connectivity index (χ2v) is 3.28. The maximum atomic E-state index is 10.2. The maximum Gasteiger partial charge on any atom is 0.329 e. The van der Waals surface area contributed by atoms with Crippen molar-refractivity contribution in [2.45, 2.75) is 26.4 Å². The fourth-order valence-electron chi connectivity index (χ4n) is 1.14. The quantitative estimate of drug-likeness (QED) is 0.637. The van der Waals surface area contributed by atoms with E-state index in [-0.39, 0.29) is 19.1 Å². The van der Waals surface area contributed by atoms with Gasteiger partial charge in [-0.3, -0.25) is 0 Å². The van der Waals surface area contributed by atoms with Crippen molar-refractivity contribution in [2.75, 3.05) is 19.8 Å². The van der Waals surface area contributed by atoms with Gasteiger partial charge in [0.25, 0.3) is 0 Å². The van der Waals surface area contributed by atoms with Crippen LogP contribution in [0.15, 0.2) is 4.42 Å². The van der Waals surface area contributed by atoms with Gasteiger partial charge in [0.15, 0.2) is 0 Å². The molecule has 1 N–H and O–H groups in total. The van der Waals surface area contributed by atoms with Crippen molar-refractivity contribution in [1.82, 2.24) is 10.2 Å². The van der Waals surface area contributed by atoms with Crippen LogP contribution in [0.5, 0.6) is 0 Å². The number of aryl methyl sites for hydroxylation is 1. The summed E-state index contributed by atoms with van der Waals surface area (Å²) in [5.74, 6) is -0.224. The first-order valence-electron chi connectivity index (χ1n) is 5.41. The van der Waals surface area contributed by atoms with Gasteiger partial charge in [-0.1, -0.05) is 0 Å². The van der Waals surface area contributed by atoms with Crippen LogP contribution in [0.1, 0.15) is 25.1 Å². The van der Waals surface area contributed by atoms with E-state index >= 15 is 0 Å². The van der Waals surface area contributed by atoms with Gasteiger partial charge >= 0.3 is 5.97 Å². The molecule has 0 atom stereocenters. The summed E-state index contributed by atoms with van der Waals surface area (Å²) in [4.78, 5) is 10.2. The molecule has 7 heteroatoms. The van der Waals surface area contributed by atoms with Gasteiger partial charge in [0.2, 0.25) is 11.8 Å². The molecule has 0 aliphatic heterocycles. The molecule has 0 aromatic carbocycles. The number of nitrogens with zero attached hydrogens (tertiary/aromatic N) is 2. The average molecular weight is 244 g/mol. The number of carboxylic acid groups (broad SMARTS) is 1. The van der Waals surface area contributed by atoms with Crippen LogP contribution < -0.4 is 0 Å². The summed E-state index contributed by atoms with van der Waals surface area (Å²) in [5.41, 5.74) is 0. The Labute approximate surface area is 98.7 Å². The molecule has 1 heterocycles. The van der Waals surface area contributed by atoms with Gasteiger partial charge in [0.1, 0.15) is 13.2 Å². The Morgan fingerprint density at radius 2 is 2.12 bits per heavy atom. The van der Waals surface area contributed by atoms with E-state index in [1.165, 1.54) is 0 Å². The van der Waals surface area contributed by atoms with Crippen LogP contribution >= 0.6 is 0 Å². The van der Waals surface area contributed by atoms with Gasteiger partial charge in [-0.15, -0.1) is 10.2 Å². The standard InChI is InChI=1S/C10H16N2O5/c1-2-15-5-3-4-8-11-12-9(17-8)6-16-7-10(13)14/h2-7H2,1H3,(H,13,14). The Morgan fingerprint density at radius 3 is 2.82 bits per heavy atom. The molecular weight excluding hydrogens is 228 g/mol. The summed E-state index contributed by atoms with van der Waals surface area (Å²) in [6.07, 6.45) is 1.46. The lowest BCUT2D eigenvalue weighted by atomic mass is 10.3. The molecule has 1 aromatic heterocycles. The molecule has 96 valence electrons. The molecular formula is C10H16N2O5. The topological polar surface area (TPSA) is 94.7 Å². The van der Waals surface area contributed by atoms with Crippen molar-refractivity contribution in [3.8, 4) is 0 Å². The highest BCUT2D eigenvalue weighted by atomic mass is 16.5. The van der Waals surface area contributed by atoms with E-state index in [2.05, 4.69) is 10.2 Å². The van der Waals surface area contributed by atoms with Crippen molar-refractivity contribution in [1.29, 1.82) is 0 Å². The van der Waals surface area contributed by atoms with Gasteiger partial charge in [-0.25, -0.2) is 4.79 Å². The molecule has 1 aromatic rings. The van der Waals surface area contributed by atoms with Crippen molar-refractivity contribution in [3.05, 3.63) is 11.8 Å². The predicted octanol–water partition coefficient (Wildman–Crippen LogP) is 0.640. The molecule has 7 nitrogen and oxygen atoms in total. The van der Waals surface area contributed by atoms with E-state index in [9.17, 15) is 4.79 Å². The zero-order chi connectivity index (χ0) is 12.5. The van der Waals surface area contributed by atoms with Crippen molar-refractivity contribution < 1.29 is 23.8 Å². The summed E-state index contributed by atoms with van der Waals surface area (Å²) in [6, 6.07) is 0. The predicted molar refractivity (Wildman–Crippen MR) is 56.4 cm³/mol. The fourth-order valence-corrected chi connectivity index (χ4v) is 1.14. The van der Waals surface area contributed by atoms with Gasteiger partial charge in [0, 0.05) is 19.6 Å². The van der Waals surface area contributed by atoms with Crippen molar-refractivity contribution >= 4 is 5.97 Å². The van der Waals surface area contributed by atoms with E-state index in [0.717, 1.165) is 6.42 Å². The Bertz CT molecular complexity index is 339. The van der Waals surface area contributed by atoms with E-state index in [1.54, 1.807) is 0 Å². The van der Waals surface area contributed by atoms with Crippen LogP contribution in [0.3, 0.4) is 0 Å². The smallest absolute Gasteiger partial charge is 0.329 e. The first-order valence-corrected chi connectivity index (χ1v) is 5.41. The average Bonchev–Trinajstić information content (AvgIpc) is 2.72. The molecule has 17 heavy (non-hydrogen) atoms. The Morgan fingerprint density at radius 1 is 1.35 bits per heavy atom. The zero-order valence-electron chi connectivity index (χ0n) is 9.72. The number of hydrogen-bond acceptors (Lipinski definition) is 6. The molecule has 0 bridgehead atoms. The second kappa shape index (κ2) is 7.75. The molecule has 0 saturated heterocycles. The minimum atomic E-state index is -1.03. The number of ether oxygens (including phenoxy) is 2. The van der Waals surface area contributed by atoms with E-state index in [4.69, 9.17) is 19.0 Å². The second-order valence-electron chi connectivity index (χ2n) is 3.28. The minimum Gasteiger partial charge on any atom is -0.480 e. The molecule has 0 unspecified atom stereocenters. The van der Waals surface area contributed by atoms with Crippen molar-refractivity contribution in [2.24, 2.45) is 0 Å². The summed E-state index contributed by atoms with van der Waals surface area (Å²) in [5, 5.41) is 15.9. The van der Waals surface area contributed by atoms with E-state index in [0.29, 0.717) is 25.5 Å². The zero-order valence-corrected chi connectivity index (χ0v) is 9.72. The highest BCUT2D eigenvalue weighted by molar-refractivity contribution is 5.67. The SMILES string of the molecule is CCOCCCc1nnc(COCC(=O)O)o1. The third-order valence-electron chi connectivity index (χ3n) is 1.84. The van der Waals surface area contributed by atoms with E-state index < -0.39 is 5.97 Å². The number of rotatable bonds is 9. The summed E-state index contributed by atoms with van der Waals surface area (Å²) in [6.45, 7) is 2.93.